The van der Waals surface area contributed by atoms with Crippen LogP contribution in [0.4, 0.5) is 0 Å². The molecule has 0 amide bonds. The topological polar surface area (TPSA) is 72.3 Å². The van der Waals surface area contributed by atoms with Gasteiger partial charge in [-0.3, -0.25) is 0 Å². The number of nitrogens with zero attached hydrogens (tertiary/aromatic N) is 4. The second kappa shape index (κ2) is 7.79. The summed E-state index contributed by atoms with van der Waals surface area (Å²) in [4.78, 5) is 0. The van der Waals surface area contributed by atoms with Gasteiger partial charge in [0, 0.05) is 0 Å². The SMILES string of the molecule is CCCCC(C#N)N=NC(C)(C#N)CC(C)C. The zero-order valence-electron chi connectivity index (χ0n) is 11.3. The predicted octanol–water partition coefficient (Wildman–Crippen LogP) is 3.85. The van der Waals surface area contributed by atoms with Crippen LogP contribution in [-0.4, -0.2) is 11.6 Å². The van der Waals surface area contributed by atoms with Crippen LogP contribution in [0.5, 0.6) is 0 Å². The largest absolute Gasteiger partial charge is 0.196 e. The summed E-state index contributed by atoms with van der Waals surface area (Å²) in [6.45, 7) is 7.93. The molecular weight excluding hydrogens is 212 g/mol. The molecule has 4 nitrogen and oxygen atoms in total. The van der Waals surface area contributed by atoms with Gasteiger partial charge in [-0.15, -0.1) is 0 Å². The molecule has 0 rings (SSSR count). The van der Waals surface area contributed by atoms with Crippen LogP contribution in [0.25, 0.3) is 0 Å². The van der Waals surface area contributed by atoms with Crippen molar-refractivity contribution in [3.8, 4) is 12.1 Å². The molecule has 0 saturated heterocycles. The van der Waals surface area contributed by atoms with Gasteiger partial charge >= 0.3 is 0 Å². The van der Waals surface area contributed by atoms with E-state index in [4.69, 9.17) is 10.5 Å². The summed E-state index contributed by atoms with van der Waals surface area (Å²) in [5, 5.41) is 26.1. The number of azo groups is 1. The summed E-state index contributed by atoms with van der Waals surface area (Å²) in [5.74, 6) is 0.384. The number of hydrogen-bond acceptors (Lipinski definition) is 4. The first-order chi connectivity index (χ1) is 7.97. The van der Waals surface area contributed by atoms with Crippen LogP contribution < -0.4 is 0 Å². The van der Waals surface area contributed by atoms with E-state index in [9.17, 15) is 0 Å². The van der Waals surface area contributed by atoms with Crippen molar-refractivity contribution in [2.24, 2.45) is 16.1 Å². The van der Waals surface area contributed by atoms with E-state index in [1.807, 2.05) is 13.8 Å². The van der Waals surface area contributed by atoms with Crippen LogP contribution in [0.15, 0.2) is 10.2 Å². The number of rotatable bonds is 7. The molecular formula is C13H22N4. The smallest absolute Gasteiger partial charge is 0.165 e. The standard InChI is InChI=1S/C13H22N4/c1-5-6-7-12(9-14)16-17-13(4,10-15)8-11(2)3/h11-12H,5-8H2,1-4H3. The Kier molecular flexibility index (Phi) is 7.14. The molecule has 0 aliphatic heterocycles. The summed E-state index contributed by atoms with van der Waals surface area (Å²) < 4.78 is 0. The second-order valence-corrected chi connectivity index (χ2v) is 4.99. The molecule has 0 radical (unpaired) electrons. The summed E-state index contributed by atoms with van der Waals surface area (Å²) in [5.41, 5.74) is -0.796. The molecule has 0 heterocycles. The quantitative estimate of drug-likeness (QED) is 0.627. The van der Waals surface area contributed by atoms with Crippen molar-refractivity contribution in [2.45, 2.75) is 65.0 Å². The summed E-state index contributed by atoms with van der Waals surface area (Å²) in [6, 6.07) is 3.88. The van der Waals surface area contributed by atoms with Gasteiger partial charge in [-0.05, 0) is 25.7 Å². The third-order valence-electron chi connectivity index (χ3n) is 2.44. The van der Waals surface area contributed by atoms with E-state index in [0.717, 1.165) is 19.3 Å². The van der Waals surface area contributed by atoms with Crippen LogP contribution in [0.1, 0.15) is 53.4 Å². The minimum atomic E-state index is -0.796. The zero-order valence-corrected chi connectivity index (χ0v) is 11.3. The molecule has 0 aromatic carbocycles. The Morgan fingerprint density at radius 2 is 1.94 bits per heavy atom. The maximum Gasteiger partial charge on any atom is 0.165 e. The molecule has 0 aromatic heterocycles. The maximum atomic E-state index is 9.11. The highest BCUT2D eigenvalue weighted by Crippen LogP contribution is 2.21. The van der Waals surface area contributed by atoms with E-state index in [0.29, 0.717) is 12.3 Å². The molecule has 0 aromatic rings. The molecule has 17 heavy (non-hydrogen) atoms. The van der Waals surface area contributed by atoms with Crippen molar-refractivity contribution < 1.29 is 0 Å². The molecule has 0 bridgehead atoms. The Labute approximate surface area is 104 Å². The summed E-state index contributed by atoms with van der Waals surface area (Å²) in [6.07, 6.45) is 3.39. The van der Waals surface area contributed by atoms with Crippen molar-refractivity contribution in [3.05, 3.63) is 0 Å². The van der Waals surface area contributed by atoms with Gasteiger partial charge < -0.3 is 0 Å². The molecule has 0 spiro atoms. The van der Waals surface area contributed by atoms with E-state index in [1.165, 1.54) is 0 Å². The molecule has 2 atom stereocenters. The lowest BCUT2D eigenvalue weighted by Gasteiger charge is -2.17. The Morgan fingerprint density at radius 3 is 2.35 bits per heavy atom. The first kappa shape index (κ1) is 15.6. The summed E-state index contributed by atoms with van der Waals surface area (Å²) >= 11 is 0. The minimum absolute atomic E-state index is 0.384. The molecule has 0 aliphatic rings. The number of unbranched alkanes of at least 4 members (excludes halogenated alkanes) is 1. The van der Waals surface area contributed by atoms with Gasteiger partial charge in [0.15, 0.2) is 11.6 Å². The maximum absolute atomic E-state index is 9.11. The molecule has 0 fully saturated rings. The fraction of sp³-hybridized carbons (Fsp3) is 0.846. The van der Waals surface area contributed by atoms with Crippen LogP contribution >= 0.6 is 0 Å². The van der Waals surface area contributed by atoms with Crippen molar-refractivity contribution >= 4 is 0 Å². The van der Waals surface area contributed by atoms with Gasteiger partial charge in [0.1, 0.15) is 0 Å². The van der Waals surface area contributed by atoms with Gasteiger partial charge in [0.2, 0.25) is 0 Å². The highest BCUT2D eigenvalue weighted by molar-refractivity contribution is 5.04. The Morgan fingerprint density at radius 1 is 1.29 bits per heavy atom. The highest BCUT2D eigenvalue weighted by atomic mass is 15.2. The van der Waals surface area contributed by atoms with Crippen LogP contribution in [-0.2, 0) is 0 Å². The Hall–Kier alpha value is -1.42. The van der Waals surface area contributed by atoms with Crippen molar-refractivity contribution in [1.82, 2.24) is 0 Å². The number of nitriles is 2. The predicted molar refractivity (Wildman–Crippen MR) is 67.3 cm³/mol. The van der Waals surface area contributed by atoms with Crippen molar-refractivity contribution in [2.75, 3.05) is 0 Å². The van der Waals surface area contributed by atoms with Crippen LogP contribution in [0, 0.1) is 28.6 Å². The lowest BCUT2D eigenvalue weighted by molar-refractivity contribution is 0.425. The lowest BCUT2D eigenvalue weighted by Crippen LogP contribution is -2.22. The molecule has 2 unspecified atom stereocenters. The third-order valence-corrected chi connectivity index (χ3v) is 2.44. The van der Waals surface area contributed by atoms with E-state index < -0.39 is 11.6 Å². The molecule has 94 valence electrons. The zero-order chi connectivity index (χ0) is 13.3. The average Bonchev–Trinajstić information content (AvgIpc) is 2.28. The minimum Gasteiger partial charge on any atom is -0.196 e. The van der Waals surface area contributed by atoms with E-state index in [1.54, 1.807) is 6.92 Å². The molecule has 0 aliphatic carbocycles. The van der Waals surface area contributed by atoms with E-state index in [2.05, 4.69) is 29.3 Å². The van der Waals surface area contributed by atoms with Gasteiger partial charge in [-0.1, -0.05) is 33.6 Å². The summed E-state index contributed by atoms with van der Waals surface area (Å²) in [7, 11) is 0. The molecule has 0 saturated carbocycles. The Bertz CT molecular complexity index is 321. The van der Waals surface area contributed by atoms with Gasteiger partial charge in [0.05, 0.1) is 12.1 Å². The van der Waals surface area contributed by atoms with Crippen molar-refractivity contribution in [3.63, 3.8) is 0 Å². The first-order valence-electron chi connectivity index (χ1n) is 6.20. The second-order valence-electron chi connectivity index (χ2n) is 4.99. The normalized spacial score (nSPS) is 16.4. The first-order valence-corrected chi connectivity index (χ1v) is 6.20. The van der Waals surface area contributed by atoms with E-state index in [-0.39, 0.29) is 0 Å². The fourth-order valence-corrected chi connectivity index (χ4v) is 1.65. The fourth-order valence-electron chi connectivity index (χ4n) is 1.65. The average molecular weight is 234 g/mol. The van der Waals surface area contributed by atoms with Crippen LogP contribution in [0.3, 0.4) is 0 Å². The lowest BCUT2D eigenvalue weighted by atomic mass is 9.93. The van der Waals surface area contributed by atoms with Gasteiger partial charge in [0.25, 0.3) is 0 Å². The van der Waals surface area contributed by atoms with Gasteiger partial charge in [-0.2, -0.15) is 20.8 Å². The highest BCUT2D eigenvalue weighted by Gasteiger charge is 2.25. The Balaban J connectivity index is 4.54. The van der Waals surface area contributed by atoms with E-state index >= 15 is 0 Å². The number of hydrogen-bond donors (Lipinski definition) is 0. The molecule has 0 N–H and O–H groups in total. The van der Waals surface area contributed by atoms with Crippen LogP contribution in [0.2, 0.25) is 0 Å². The molecule has 4 heteroatoms. The third kappa shape index (κ3) is 6.68. The monoisotopic (exact) mass is 234 g/mol. The van der Waals surface area contributed by atoms with Gasteiger partial charge in [-0.25, -0.2) is 0 Å². The van der Waals surface area contributed by atoms with Crippen molar-refractivity contribution in [1.29, 1.82) is 10.5 Å².